The van der Waals surface area contributed by atoms with E-state index in [2.05, 4.69) is 6.58 Å². The number of rotatable bonds is 3. The summed E-state index contributed by atoms with van der Waals surface area (Å²) >= 11 is 0. The molecule has 1 saturated heterocycles. The predicted octanol–water partition coefficient (Wildman–Crippen LogP) is 2.57. The number of hydrogen-bond acceptors (Lipinski definition) is 3. The highest BCUT2D eigenvalue weighted by Gasteiger charge is 2.26. The fraction of sp³-hybridized carbons (Fsp3) is 0.786. The van der Waals surface area contributed by atoms with Gasteiger partial charge in [0.15, 0.2) is 0 Å². The molecule has 0 aromatic heterocycles. The van der Waals surface area contributed by atoms with E-state index in [1.165, 1.54) is 0 Å². The second-order valence-electron chi connectivity index (χ2n) is 6.02. The Bertz CT molecular complexity index is 299. The Balaban J connectivity index is 2.35. The second kappa shape index (κ2) is 6.23. The molecule has 1 fully saturated rings. The summed E-state index contributed by atoms with van der Waals surface area (Å²) in [6, 6.07) is 0. The molecule has 0 atom stereocenters. The zero-order chi connectivity index (χ0) is 13.8. The molecule has 1 aliphatic heterocycles. The molecule has 0 spiro atoms. The number of carbonyl (C=O) groups excluding carboxylic acids is 1. The van der Waals surface area contributed by atoms with Crippen molar-refractivity contribution < 1.29 is 14.6 Å². The Morgan fingerprint density at radius 1 is 1.39 bits per heavy atom. The predicted molar refractivity (Wildman–Crippen MR) is 71.4 cm³/mol. The van der Waals surface area contributed by atoms with Gasteiger partial charge in [-0.2, -0.15) is 0 Å². The average Bonchev–Trinajstić information content (AvgIpc) is 2.27. The van der Waals surface area contributed by atoms with Crippen LogP contribution in [-0.4, -0.2) is 41.4 Å². The van der Waals surface area contributed by atoms with Crippen LogP contribution in [0.1, 0.15) is 40.0 Å². The van der Waals surface area contributed by atoms with Gasteiger partial charge in [0.05, 0.1) is 6.61 Å². The number of piperidine rings is 1. The van der Waals surface area contributed by atoms with Crippen molar-refractivity contribution in [3.63, 3.8) is 0 Å². The lowest BCUT2D eigenvalue weighted by Gasteiger charge is -2.33. The molecule has 18 heavy (non-hydrogen) atoms. The van der Waals surface area contributed by atoms with Gasteiger partial charge in [-0.3, -0.25) is 0 Å². The number of likely N-dealkylation sites (tertiary alicyclic amines) is 1. The maximum Gasteiger partial charge on any atom is 0.410 e. The lowest BCUT2D eigenvalue weighted by Crippen LogP contribution is -2.41. The standard InChI is InChI=1S/C14H25NO3/c1-11(10-16)9-12-5-7-15(8-6-12)13(17)18-14(2,3)4/h12,16H,1,5-10H2,2-4H3. The molecule has 4 nitrogen and oxygen atoms in total. The molecular formula is C14H25NO3. The van der Waals surface area contributed by atoms with Gasteiger partial charge in [0, 0.05) is 13.1 Å². The van der Waals surface area contributed by atoms with Gasteiger partial charge in [0.2, 0.25) is 0 Å². The van der Waals surface area contributed by atoms with Crippen molar-refractivity contribution in [2.24, 2.45) is 5.92 Å². The van der Waals surface area contributed by atoms with Gasteiger partial charge in [0.25, 0.3) is 0 Å². The van der Waals surface area contributed by atoms with Gasteiger partial charge in [-0.25, -0.2) is 4.79 Å². The number of carbonyl (C=O) groups is 1. The van der Waals surface area contributed by atoms with Gasteiger partial charge in [-0.1, -0.05) is 12.2 Å². The van der Waals surface area contributed by atoms with E-state index in [-0.39, 0.29) is 12.7 Å². The zero-order valence-electron chi connectivity index (χ0n) is 11.7. The van der Waals surface area contributed by atoms with Gasteiger partial charge >= 0.3 is 6.09 Å². The molecule has 1 N–H and O–H groups in total. The van der Waals surface area contributed by atoms with Crippen LogP contribution in [0.15, 0.2) is 12.2 Å². The van der Waals surface area contributed by atoms with E-state index in [1.54, 1.807) is 4.90 Å². The van der Waals surface area contributed by atoms with Crippen LogP contribution in [-0.2, 0) is 4.74 Å². The van der Waals surface area contributed by atoms with Gasteiger partial charge in [-0.15, -0.1) is 0 Å². The number of ether oxygens (including phenoxy) is 1. The van der Waals surface area contributed by atoms with Crippen LogP contribution in [0.25, 0.3) is 0 Å². The zero-order valence-corrected chi connectivity index (χ0v) is 11.7. The fourth-order valence-corrected chi connectivity index (χ4v) is 2.12. The van der Waals surface area contributed by atoms with Crippen molar-refractivity contribution in [3.8, 4) is 0 Å². The molecule has 0 aromatic rings. The topological polar surface area (TPSA) is 49.8 Å². The first-order valence-electron chi connectivity index (χ1n) is 6.57. The first kappa shape index (κ1) is 15.0. The molecule has 104 valence electrons. The van der Waals surface area contributed by atoms with Gasteiger partial charge in [-0.05, 0) is 46.0 Å². The van der Waals surface area contributed by atoms with Crippen LogP contribution in [0.2, 0.25) is 0 Å². The Hall–Kier alpha value is -1.03. The Kier molecular flexibility index (Phi) is 5.20. The minimum absolute atomic E-state index is 0.0618. The summed E-state index contributed by atoms with van der Waals surface area (Å²) in [5.41, 5.74) is 0.449. The number of nitrogens with zero attached hydrogens (tertiary/aromatic N) is 1. The molecule has 1 aliphatic rings. The number of hydrogen-bond donors (Lipinski definition) is 1. The van der Waals surface area contributed by atoms with E-state index in [1.807, 2.05) is 20.8 Å². The highest BCUT2D eigenvalue weighted by atomic mass is 16.6. The highest BCUT2D eigenvalue weighted by Crippen LogP contribution is 2.24. The summed E-state index contributed by atoms with van der Waals surface area (Å²) < 4.78 is 5.34. The molecule has 1 amide bonds. The van der Waals surface area contributed by atoms with Crippen LogP contribution < -0.4 is 0 Å². The Labute approximate surface area is 110 Å². The quantitative estimate of drug-likeness (QED) is 0.789. The molecule has 0 radical (unpaired) electrons. The summed E-state index contributed by atoms with van der Waals surface area (Å²) in [7, 11) is 0. The molecule has 1 heterocycles. The van der Waals surface area contributed by atoms with Crippen LogP contribution >= 0.6 is 0 Å². The lowest BCUT2D eigenvalue weighted by molar-refractivity contribution is 0.0183. The van der Waals surface area contributed by atoms with Gasteiger partial charge in [0.1, 0.15) is 5.60 Å². The monoisotopic (exact) mass is 255 g/mol. The summed E-state index contributed by atoms with van der Waals surface area (Å²) in [5, 5.41) is 8.95. The maximum absolute atomic E-state index is 11.8. The Morgan fingerprint density at radius 2 is 1.94 bits per heavy atom. The number of amides is 1. The Morgan fingerprint density at radius 3 is 2.39 bits per heavy atom. The third-order valence-electron chi connectivity index (χ3n) is 3.07. The van der Waals surface area contributed by atoms with Crippen molar-refractivity contribution in [3.05, 3.63) is 12.2 Å². The van der Waals surface area contributed by atoms with E-state index in [0.29, 0.717) is 5.92 Å². The van der Waals surface area contributed by atoms with E-state index < -0.39 is 5.60 Å². The molecule has 1 rings (SSSR count). The van der Waals surface area contributed by atoms with Crippen LogP contribution in [0.4, 0.5) is 4.79 Å². The van der Waals surface area contributed by atoms with E-state index >= 15 is 0 Å². The minimum atomic E-state index is -0.431. The summed E-state index contributed by atoms with van der Waals surface area (Å²) in [6.45, 7) is 11.0. The summed E-state index contributed by atoms with van der Waals surface area (Å²) in [4.78, 5) is 13.6. The normalized spacial score (nSPS) is 17.7. The molecule has 0 saturated carbocycles. The molecule has 0 aromatic carbocycles. The molecule has 0 aliphatic carbocycles. The molecule has 4 heteroatoms. The largest absolute Gasteiger partial charge is 0.444 e. The SMILES string of the molecule is C=C(CO)CC1CCN(C(=O)OC(C)(C)C)CC1. The van der Waals surface area contributed by atoms with E-state index in [9.17, 15) is 4.79 Å². The van der Waals surface area contributed by atoms with Crippen molar-refractivity contribution >= 4 is 6.09 Å². The number of aliphatic hydroxyl groups excluding tert-OH is 1. The van der Waals surface area contributed by atoms with Crippen molar-refractivity contribution in [1.29, 1.82) is 0 Å². The van der Waals surface area contributed by atoms with Gasteiger partial charge < -0.3 is 14.7 Å². The summed E-state index contributed by atoms with van der Waals surface area (Å²) in [6.07, 6.45) is 2.55. The minimum Gasteiger partial charge on any atom is -0.444 e. The van der Waals surface area contributed by atoms with Crippen molar-refractivity contribution in [1.82, 2.24) is 4.90 Å². The molecular weight excluding hydrogens is 230 g/mol. The van der Waals surface area contributed by atoms with Crippen LogP contribution in [0.5, 0.6) is 0 Å². The first-order valence-corrected chi connectivity index (χ1v) is 6.57. The maximum atomic E-state index is 11.8. The number of aliphatic hydroxyl groups is 1. The fourth-order valence-electron chi connectivity index (χ4n) is 2.12. The van der Waals surface area contributed by atoms with E-state index in [0.717, 1.165) is 37.9 Å². The van der Waals surface area contributed by atoms with Crippen LogP contribution in [0, 0.1) is 5.92 Å². The molecule has 0 unspecified atom stereocenters. The average molecular weight is 255 g/mol. The third-order valence-corrected chi connectivity index (χ3v) is 3.07. The first-order chi connectivity index (χ1) is 8.31. The van der Waals surface area contributed by atoms with Crippen molar-refractivity contribution in [2.75, 3.05) is 19.7 Å². The second-order valence-corrected chi connectivity index (χ2v) is 6.02. The third kappa shape index (κ3) is 5.08. The van der Waals surface area contributed by atoms with Crippen LogP contribution in [0.3, 0.4) is 0 Å². The lowest BCUT2D eigenvalue weighted by atomic mass is 9.91. The summed E-state index contributed by atoms with van der Waals surface area (Å²) in [5.74, 6) is 0.531. The smallest absolute Gasteiger partial charge is 0.410 e. The van der Waals surface area contributed by atoms with E-state index in [4.69, 9.17) is 9.84 Å². The molecule has 0 bridgehead atoms. The highest BCUT2D eigenvalue weighted by molar-refractivity contribution is 5.68. The van der Waals surface area contributed by atoms with Crippen molar-refractivity contribution in [2.45, 2.75) is 45.6 Å².